The lowest BCUT2D eigenvalue weighted by atomic mass is 9.86. The van der Waals surface area contributed by atoms with Crippen molar-refractivity contribution in [2.45, 2.75) is 33.1 Å². The molecule has 160 valence electrons. The average Bonchev–Trinajstić information content (AvgIpc) is 3.09. The van der Waals surface area contributed by atoms with Crippen molar-refractivity contribution in [3.05, 3.63) is 76.2 Å². The van der Waals surface area contributed by atoms with Crippen LogP contribution in [0.5, 0.6) is 5.75 Å². The van der Waals surface area contributed by atoms with Crippen LogP contribution >= 0.6 is 11.3 Å². The molecule has 1 heterocycles. The molecule has 0 amide bonds. The lowest BCUT2D eigenvalue weighted by Gasteiger charge is -2.19. The van der Waals surface area contributed by atoms with Crippen LogP contribution in [0.4, 0.5) is 0 Å². The van der Waals surface area contributed by atoms with Gasteiger partial charge in [0.2, 0.25) is 0 Å². The van der Waals surface area contributed by atoms with Crippen LogP contribution in [0.15, 0.2) is 58.9 Å². The van der Waals surface area contributed by atoms with E-state index in [1.54, 1.807) is 6.21 Å². The smallest absolute Gasteiger partial charge is 0.373 e. The van der Waals surface area contributed by atoms with Gasteiger partial charge in [-0.2, -0.15) is 9.59 Å². The number of Topliss-reactive ketones (excluding diaryl/α,β-unsaturated/α-hetero) is 1. The summed E-state index contributed by atoms with van der Waals surface area (Å²) in [5.74, 6) is 0.170. The Balaban J connectivity index is 0.00000107. The molecule has 1 N–H and O–H groups in total. The molecule has 5 nitrogen and oxygen atoms in total. The van der Waals surface area contributed by atoms with Crippen LogP contribution in [0.25, 0.3) is 10.4 Å². The van der Waals surface area contributed by atoms with E-state index < -0.39 is 0 Å². The van der Waals surface area contributed by atoms with Crippen molar-refractivity contribution in [3.63, 3.8) is 0 Å². The minimum absolute atomic E-state index is 0.0380. The van der Waals surface area contributed by atoms with Crippen molar-refractivity contribution in [1.82, 2.24) is 0 Å². The van der Waals surface area contributed by atoms with Crippen molar-refractivity contribution in [2.24, 2.45) is 4.99 Å². The molecule has 0 aliphatic carbocycles. The van der Waals surface area contributed by atoms with Gasteiger partial charge in [0.15, 0.2) is 5.78 Å². The summed E-state index contributed by atoms with van der Waals surface area (Å²) in [7, 11) is 0. The number of thiophene rings is 1. The molecule has 0 bridgehead atoms. The number of aliphatic imine (C=N–C) groups is 1. The number of hydrogen-bond acceptors (Lipinski definition) is 6. The summed E-state index contributed by atoms with van der Waals surface area (Å²) in [6.07, 6.45) is 1.82. The van der Waals surface area contributed by atoms with Gasteiger partial charge in [0.05, 0.1) is 4.88 Å². The zero-order valence-electron chi connectivity index (χ0n) is 18.0. The van der Waals surface area contributed by atoms with Gasteiger partial charge in [-0.05, 0) is 23.5 Å². The SMILES string of the molecule is Cc1ccc(C(=O)CN=Cc2csc(-c3ccc(C(C)(C)C)cc3)c2O)cc1.O=C=O. The van der Waals surface area contributed by atoms with Gasteiger partial charge >= 0.3 is 6.15 Å². The molecule has 6 heteroatoms. The number of rotatable bonds is 5. The summed E-state index contributed by atoms with van der Waals surface area (Å²) >= 11 is 1.47. The molecule has 31 heavy (non-hydrogen) atoms. The van der Waals surface area contributed by atoms with Gasteiger partial charge < -0.3 is 5.11 Å². The molecule has 3 aromatic rings. The molecule has 0 radical (unpaired) electrons. The van der Waals surface area contributed by atoms with E-state index in [4.69, 9.17) is 9.59 Å². The monoisotopic (exact) mass is 435 g/mol. The zero-order valence-corrected chi connectivity index (χ0v) is 18.8. The van der Waals surface area contributed by atoms with Crippen molar-refractivity contribution < 1.29 is 19.5 Å². The van der Waals surface area contributed by atoms with Crippen LogP contribution in [0.2, 0.25) is 0 Å². The number of aromatic hydroxyl groups is 1. The third-order valence-corrected chi connectivity index (χ3v) is 5.68. The summed E-state index contributed by atoms with van der Waals surface area (Å²) < 4.78 is 0. The average molecular weight is 436 g/mol. The molecule has 0 aliphatic heterocycles. The second-order valence-corrected chi connectivity index (χ2v) is 8.92. The van der Waals surface area contributed by atoms with E-state index >= 15 is 0 Å². The first-order chi connectivity index (χ1) is 14.7. The minimum Gasteiger partial charge on any atom is -0.506 e. The van der Waals surface area contributed by atoms with E-state index in [1.807, 2.05) is 48.7 Å². The standard InChI is InChI=1S/C24H25NO2S.CO2/c1-16-5-7-17(8-6-16)21(26)14-25-13-19-15-28-23(22(19)27)18-9-11-20(12-10-18)24(2,3)4;2-1-3/h5-13,15,27H,14H2,1-4H3;. The molecular formula is C25H25NO4S. The molecule has 0 aliphatic rings. The van der Waals surface area contributed by atoms with E-state index in [-0.39, 0.29) is 29.6 Å². The highest BCUT2D eigenvalue weighted by molar-refractivity contribution is 7.14. The largest absolute Gasteiger partial charge is 0.506 e. The number of benzene rings is 2. The highest BCUT2D eigenvalue weighted by Crippen LogP contribution is 2.38. The third kappa shape index (κ3) is 6.57. The number of carbonyl (C=O) groups excluding carboxylic acids is 3. The molecule has 0 spiro atoms. The van der Waals surface area contributed by atoms with Gasteiger partial charge in [-0.1, -0.05) is 74.9 Å². The predicted molar refractivity (Wildman–Crippen MR) is 123 cm³/mol. The van der Waals surface area contributed by atoms with Gasteiger partial charge in [-0.3, -0.25) is 9.79 Å². The Morgan fingerprint density at radius 2 is 1.65 bits per heavy atom. The Morgan fingerprint density at radius 1 is 1.06 bits per heavy atom. The van der Waals surface area contributed by atoms with Crippen LogP contribution in [0.3, 0.4) is 0 Å². The fourth-order valence-corrected chi connectivity index (χ4v) is 3.76. The topological polar surface area (TPSA) is 83.8 Å². The van der Waals surface area contributed by atoms with E-state index in [2.05, 4.69) is 37.9 Å². The molecule has 0 atom stereocenters. The fraction of sp³-hybridized carbons (Fsp3) is 0.240. The molecule has 1 aromatic heterocycles. The Morgan fingerprint density at radius 3 is 2.19 bits per heavy atom. The maximum Gasteiger partial charge on any atom is 0.373 e. The number of ketones is 1. The number of aryl methyl sites for hydroxylation is 1. The highest BCUT2D eigenvalue weighted by atomic mass is 32.1. The molecular weight excluding hydrogens is 410 g/mol. The third-order valence-electron chi connectivity index (χ3n) is 4.64. The Bertz CT molecular complexity index is 1080. The molecule has 2 aromatic carbocycles. The van der Waals surface area contributed by atoms with E-state index in [0.29, 0.717) is 11.1 Å². The van der Waals surface area contributed by atoms with Gasteiger partial charge in [-0.25, -0.2) is 0 Å². The second kappa shape index (κ2) is 10.6. The quantitative estimate of drug-likeness (QED) is 0.427. The predicted octanol–water partition coefficient (Wildman–Crippen LogP) is 5.44. The molecule has 3 rings (SSSR count). The number of nitrogens with zero attached hydrogens (tertiary/aromatic N) is 1. The van der Waals surface area contributed by atoms with Crippen LogP contribution in [-0.4, -0.2) is 29.8 Å². The Kier molecular flexibility index (Phi) is 8.20. The van der Waals surface area contributed by atoms with Crippen LogP contribution in [-0.2, 0) is 15.0 Å². The lowest BCUT2D eigenvalue weighted by molar-refractivity contribution is -0.191. The van der Waals surface area contributed by atoms with Crippen molar-refractivity contribution >= 4 is 29.5 Å². The summed E-state index contributed by atoms with van der Waals surface area (Å²) in [6.45, 7) is 8.58. The molecule has 0 saturated heterocycles. The van der Waals surface area contributed by atoms with Crippen LogP contribution in [0, 0.1) is 6.92 Å². The van der Waals surface area contributed by atoms with Gasteiger partial charge in [0.25, 0.3) is 0 Å². The fourth-order valence-electron chi connectivity index (χ4n) is 2.84. The summed E-state index contributed by atoms with van der Waals surface area (Å²) in [5, 5.41) is 12.4. The number of hydrogen-bond donors (Lipinski definition) is 1. The van der Waals surface area contributed by atoms with Crippen LogP contribution in [0.1, 0.15) is 47.8 Å². The van der Waals surface area contributed by atoms with E-state index in [0.717, 1.165) is 16.0 Å². The zero-order chi connectivity index (χ0) is 23.0. The second-order valence-electron chi connectivity index (χ2n) is 8.04. The van der Waals surface area contributed by atoms with E-state index in [1.165, 1.54) is 16.9 Å². The maximum atomic E-state index is 12.2. The van der Waals surface area contributed by atoms with Crippen molar-refractivity contribution in [1.29, 1.82) is 0 Å². The first-order valence-electron chi connectivity index (χ1n) is 9.67. The molecule has 0 saturated carbocycles. The summed E-state index contributed by atoms with van der Waals surface area (Å²) in [6, 6.07) is 15.7. The first-order valence-corrected chi connectivity index (χ1v) is 10.6. The van der Waals surface area contributed by atoms with Gasteiger partial charge in [0.1, 0.15) is 12.3 Å². The van der Waals surface area contributed by atoms with Gasteiger partial charge in [-0.15, -0.1) is 11.3 Å². The minimum atomic E-state index is -0.0380. The Labute approximate surface area is 186 Å². The van der Waals surface area contributed by atoms with Crippen molar-refractivity contribution in [2.75, 3.05) is 6.54 Å². The van der Waals surface area contributed by atoms with Crippen LogP contribution < -0.4 is 0 Å². The summed E-state index contributed by atoms with van der Waals surface area (Å²) in [4.78, 5) is 33.5. The summed E-state index contributed by atoms with van der Waals surface area (Å²) in [5.41, 5.74) is 4.73. The van der Waals surface area contributed by atoms with Gasteiger partial charge in [0, 0.05) is 22.7 Å². The lowest BCUT2D eigenvalue weighted by Crippen LogP contribution is -2.10. The maximum absolute atomic E-state index is 12.2. The first kappa shape index (κ1) is 23.9. The normalized spacial score (nSPS) is 11.0. The molecule has 0 fully saturated rings. The highest BCUT2D eigenvalue weighted by Gasteiger charge is 2.15. The molecule has 0 unspecified atom stereocenters. The number of carbonyl (C=O) groups is 1. The van der Waals surface area contributed by atoms with Crippen molar-refractivity contribution in [3.8, 4) is 16.2 Å². The Hall–Kier alpha value is -3.34. The van der Waals surface area contributed by atoms with E-state index in [9.17, 15) is 9.90 Å².